The summed E-state index contributed by atoms with van der Waals surface area (Å²) in [6.45, 7) is 1.02. The number of hydrogen-bond donors (Lipinski definition) is 0. The first-order chi connectivity index (χ1) is 14.5. The molecular formula is C21H22FN5O3. The normalized spacial score (nSPS) is 16.4. The smallest absolute Gasteiger partial charge is 0.316 e. The third kappa shape index (κ3) is 4.10. The zero-order chi connectivity index (χ0) is 21.1. The summed E-state index contributed by atoms with van der Waals surface area (Å²) in [5.41, 5.74) is 1.97. The van der Waals surface area contributed by atoms with E-state index in [-0.39, 0.29) is 18.0 Å². The molecule has 1 saturated heterocycles. The van der Waals surface area contributed by atoms with E-state index in [0.29, 0.717) is 30.2 Å². The van der Waals surface area contributed by atoms with Crippen LogP contribution in [0, 0.1) is 5.82 Å². The van der Waals surface area contributed by atoms with E-state index >= 15 is 0 Å². The molecule has 3 aromatic rings. The summed E-state index contributed by atoms with van der Waals surface area (Å²) in [5.74, 6) is 0.0460. The highest BCUT2D eigenvalue weighted by Crippen LogP contribution is 2.29. The molecule has 3 heterocycles. The highest BCUT2D eigenvalue weighted by molar-refractivity contribution is 5.94. The maximum absolute atomic E-state index is 13.2. The number of ether oxygens (including phenoxy) is 2. The Morgan fingerprint density at radius 2 is 2.00 bits per heavy atom. The van der Waals surface area contributed by atoms with Gasteiger partial charge in [-0.15, -0.1) is 0 Å². The van der Waals surface area contributed by atoms with Crippen LogP contribution in [0.4, 0.5) is 4.39 Å². The Morgan fingerprint density at radius 3 is 2.77 bits per heavy atom. The lowest BCUT2D eigenvalue weighted by Crippen LogP contribution is -2.45. The maximum Gasteiger partial charge on any atom is 0.316 e. The fraction of sp³-hybridized carbons (Fsp3) is 0.333. The molecule has 1 amide bonds. The molecule has 1 aromatic carbocycles. The van der Waals surface area contributed by atoms with Gasteiger partial charge in [-0.25, -0.2) is 14.4 Å². The summed E-state index contributed by atoms with van der Waals surface area (Å²) >= 11 is 0. The highest BCUT2D eigenvalue weighted by atomic mass is 19.1. The van der Waals surface area contributed by atoms with Gasteiger partial charge in [0, 0.05) is 19.2 Å². The fourth-order valence-electron chi connectivity index (χ4n) is 3.55. The monoisotopic (exact) mass is 411 g/mol. The second-order valence-electron chi connectivity index (χ2n) is 7.06. The predicted molar refractivity (Wildman–Crippen MR) is 107 cm³/mol. The van der Waals surface area contributed by atoms with Crippen LogP contribution < -0.4 is 9.47 Å². The van der Waals surface area contributed by atoms with E-state index in [1.54, 1.807) is 29.8 Å². The third-order valence-corrected chi connectivity index (χ3v) is 5.02. The molecule has 0 N–H and O–H groups in total. The number of benzene rings is 1. The van der Waals surface area contributed by atoms with Crippen LogP contribution in [0.25, 0.3) is 11.3 Å². The molecule has 8 nitrogen and oxygen atoms in total. The van der Waals surface area contributed by atoms with E-state index in [1.165, 1.54) is 0 Å². The highest BCUT2D eigenvalue weighted by Gasteiger charge is 2.28. The van der Waals surface area contributed by atoms with Crippen molar-refractivity contribution < 1.29 is 18.7 Å². The summed E-state index contributed by atoms with van der Waals surface area (Å²) in [4.78, 5) is 22.6. The van der Waals surface area contributed by atoms with Crippen molar-refractivity contribution in [3.05, 3.63) is 54.2 Å². The zero-order valence-corrected chi connectivity index (χ0v) is 16.8. The number of amides is 1. The van der Waals surface area contributed by atoms with Crippen LogP contribution in [-0.4, -0.2) is 56.9 Å². The lowest BCUT2D eigenvalue weighted by Gasteiger charge is -2.32. The lowest BCUT2D eigenvalue weighted by molar-refractivity contribution is 0.0506. The van der Waals surface area contributed by atoms with Gasteiger partial charge in [0.2, 0.25) is 0 Å². The van der Waals surface area contributed by atoms with Gasteiger partial charge in [0.05, 0.1) is 31.7 Å². The predicted octanol–water partition coefficient (Wildman–Crippen LogP) is 2.71. The van der Waals surface area contributed by atoms with Crippen LogP contribution in [0.1, 0.15) is 23.3 Å². The van der Waals surface area contributed by atoms with Gasteiger partial charge in [-0.1, -0.05) is 12.1 Å². The number of aromatic nitrogens is 4. The molecular weight excluding hydrogens is 389 g/mol. The number of carbonyl (C=O) groups excluding carboxylic acids is 1. The summed E-state index contributed by atoms with van der Waals surface area (Å²) in [5, 5.41) is 4.50. The van der Waals surface area contributed by atoms with E-state index in [9.17, 15) is 9.18 Å². The Balaban J connectivity index is 1.50. The van der Waals surface area contributed by atoms with Crippen molar-refractivity contribution in [2.75, 3.05) is 20.2 Å². The minimum Gasteiger partial charge on any atom is -0.496 e. The van der Waals surface area contributed by atoms with Crippen LogP contribution >= 0.6 is 0 Å². The van der Waals surface area contributed by atoms with Crippen molar-refractivity contribution >= 4 is 5.91 Å². The molecule has 4 rings (SSSR count). The van der Waals surface area contributed by atoms with Crippen molar-refractivity contribution in [3.63, 3.8) is 0 Å². The minimum atomic E-state index is -0.523. The first-order valence-electron chi connectivity index (χ1n) is 9.66. The quantitative estimate of drug-likeness (QED) is 0.642. The van der Waals surface area contributed by atoms with Gasteiger partial charge in [0.25, 0.3) is 5.91 Å². The van der Waals surface area contributed by atoms with Gasteiger partial charge in [0.1, 0.15) is 17.5 Å². The molecule has 2 aromatic heterocycles. The summed E-state index contributed by atoms with van der Waals surface area (Å²) in [7, 11) is 3.35. The van der Waals surface area contributed by atoms with E-state index in [0.717, 1.165) is 30.8 Å². The Hall–Kier alpha value is -3.49. The van der Waals surface area contributed by atoms with Gasteiger partial charge >= 0.3 is 6.01 Å². The van der Waals surface area contributed by atoms with Crippen molar-refractivity contribution in [2.24, 2.45) is 7.05 Å². The molecule has 30 heavy (non-hydrogen) atoms. The molecule has 1 unspecified atom stereocenters. The number of piperidine rings is 1. The Kier molecular flexibility index (Phi) is 5.60. The van der Waals surface area contributed by atoms with Gasteiger partial charge in [0.15, 0.2) is 5.82 Å². The zero-order valence-electron chi connectivity index (χ0n) is 16.8. The van der Waals surface area contributed by atoms with Crippen molar-refractivity contribution in [2.45, 2.75) is 18.9 Å². The molecule has 1 aliphatic heterocycles. The number of methoxy groups -OCH3 is 1. The molecule has 0 radical (unpaired) electrons. The second-order valence-corrected chi connectivity index (χ2v) is 7.06. The van der Waals surface area contributed by atoms with E-state index in [1.807, 2.05) is 24.3 Å². The molecule has 1 aliphatic rings. The maximum atomic E-state index is 13.2. The Bertz CT molecular complexity index is 1040. The number of rotatable bonds is 5. The summed E-state index contributed by atoms with van der Waals surface area (Å²) in [6, 6.07) is 9.43. The topological polar surface area (TPSA) is 82.4 Å². The Morgan fingerprint density at radius 1 is 1.23 bits per heavy atom. The van der Waals surface area contributed by atoms with Crippen molar-refractivity contribution in [1.29, 1.82) is 0 Å². The van der Waals surface area contributed by atoms with Gasteiger partial charge in [-0.3, -0.25) is 9.48 Å². The minimum absolute atomic E-state index is 0.106. The van der Waals surface area contributed by atoms with E-state index in [2.05, 4.69) is 15.1 Å². The first-order valence-corrected chi connectivity index (χ1v) is 9.66. The van der Waals surface area contributed by atoms with Crippen molar-refractivity contribution in [1.82, 2.24) is 24.6 Å². The lowest BCUT2D eigenvalue weighted by atomic mass is 10.1. The van der Waals surface area contributed by atoms with Crippen molar-refractivity contribution in [3.8, 4) is 23.0 Å². The SMILES string of the molecule is COc1ccccc1-c1cc(C(=O)N2CCCC(Oc3ncc(F)cn3)C2)n(C)n1. The first kappa shape index (κ1) is 19.8. The third-order valence-electron chi connectivity index (χ3n) is 5.02. The van der Waals surface area contributed by atoms with Crippen LogP contribution in [-0.2, 0) is 7.05 Å². The van der Waals surface area contributed by atoms with Gasteiger partial charge < -0.3 is 14.4 Å². The number of likely N-dealkylation sites (tertiary alicyclic amines) is 1. The van der Waals surface area contributed by atoms with Crippen LogP contribution in [0.5, 0.6) is 11.8 Å². The summed E-state index contributed by atoms with van der Waals surface area (Å²) < 4.78 is 25.7. The number of carbonyl (C=O) groups is 1. The molecule has 1 atom stereocenters. The second kappa shape index (κ2) is 8.48. The molecule has 9 heteroatoms. The standard InChI is InChI=1S/C21H22FN5O3/c1-26-18(10-17(25-26)16-7-3-4-8-19(16)29-2)20(28)27-9-5-6-15(13-27)30-21-23-11-14(22)12-24-21/h3-4,7-8,10-12,15H,5-6,9,13H2,1-2H3. The van der Waals surface area contributed by atoms with Gasteiger partial charge in [-0.2, -0.15) is 5.10 Å². The molecule has 0 spiro atoms. The molecule has 0 aliphatic carbocycles. The Labute approximate surface area is 173 Å². The van der Waals surface area contributed by atoms with Crippen LogP contribution in [0.3, 0.4) is 0 Å². The number of halogens is 1. The summed E-state index contributed by atoms with van der Waals surface area (Å²) in [6.07, 6.45) is 3.42. The fourth-order valence-corrected chi connectivity index (χ4v) is 3.55. The number of nitrogens with zero attached hydrogens (tertiary/aromatic N) is 5. The molecule has 0 bridgehead atoms. The number of para-hydroxylation sites is 1. The molecule has 1 fully saturated rings. The van der Waals surface area contributed by atoms with Crippen LogP contribution in [0.15, 0.2) is 42.7 Å². The average Bonchev–Trinajstić information content (AvgIpc) is 3.16. The van der Waals surface area contributed by atoms with Gasteiger partial charge in [-0.05, 0) is 31.0 Å². The van der Waals surface area contributed by atoms with E-state index in [4.69, 9.17) is 9.47 Å². The number of aryl methyl sites for hydroxylation is 1. The van der Waals surface area contributed by atoms with Crippen LogP contribution in [0.2, 0.25) is 0 Å². The number of hydrogen-bond acceptors (Lipinski definition) is 6. The average molecular weight is 411 g/mol. The molecule has 156 valence electrons. The molecule has 0 saturated carbocycles. The largest absolute Gasteiger partial charge is 0.496 e. The van der Waals surface area contributed by atoms with E-state index < -0.39 is 5.82 Å².